The molecule has 0 unspecified atom stereocenters. The number of nitrogens with zero attached hydrogens (tertiary/aromatic N) is 3. The maximum absolute atomic E-state index is 12.3. The first kappa shape index (κ1) is 17.5. The van der Waals surface area contributed by atoms with E-state index < -0.39 is 0 Å². The van der Waals surface area contributed by atoms with Gasteiger partial charge in [0.1, 0.15) is 0 Å². The molecule has 1 atom stereocenters. The zero-order chi connectivity index (χ0) is 17.5. The molecule has 5 nitrogen and oxygen atoms in total. The second kappa shape index (κ2) is 8.72. The summed E-state index contributed by atoms with van der Waals surface area (Å²) >= 11 is 0. The van der Waals surface area contributed by atoms with Crippen LogP contribution in [0.4, 0.5) is 0 Å². The largest absolute Gasteiger partial charge is 0.352 e. The zero-order valence-electron chi connectivity index (χ0n) is 14.8. The van der Waals surface area contributed by atoms with E-state index in [1.807, 2.05) is 25.4 Å². The van der Waals surface area contributed by atoms with Gasteiger partial charge in [0, 0.05) is 50.0 Å². The average molecular weight is 338 g/mol. The minimum absolute atomic E-state index is 0.00271. The first-order valence-electron chi connectivity index (χ1n) is 9.02. The third kappa shape index (κ3) is 5.10. The molecule has 3 heterocycles. The van der Waals surface area contributed by atoms with Crippen LogP contribution < -0.4 is 5.32 Å². The molecule has 0 saturated carbocycles. The first-order chi connectivity index (χ1) is 12.2. The van der Waals surface area contributed by atoms with Gasteiger partial charge in [-0.1, -0.05) is 6.07 Å². The van der Waals surface area contributed by atoms with Crippen LogP contribution in [-0.2, 0) is 6.54 Å². The second-order valence-electron chi connectivity index (χ2n) is 6.84. The highest BCUT2D eigenvalue weighted by Gasteiger charge is 2.20. The van der Waals surface area contributed by atoms with Gasteiger partial charge >= 0.3 is 0 Å². The zero-order valence-corrected chi connectivity index (χ0v) is 14.8. The number of piperidine rings is 1. The molecule has 2 aromatic heterocycles. The molecule has 2 aromatic rings. The van der Waals surface area contributed by atoms with E-state index in [1.165, 1.54) is 18.4 Å². The van der Waals surface area contributed by atoms with Crippen LogP contribution in [0.5, 0.6) is 0 Å². The number of carbonyl (C=O) groups is 1. The molecule has 1 saturated heterocycles. The lowest BCUT2D eigenvalue weighted by atomic mass is 9.94. The summed E-state index contributed by atoms with van der Waals surface area (Å²) in [6.07, 6.45) is 10.7. The summed E-state index contributed by atoms with van der Waals surface area (Å²) in [4.78, 5) is 23.0. The van der Waals surface area contributed by atoms with Gasteiger partial charge in [0.2, 0.25) is 0 Å². The van der Waals surface area contributed by atoms with Gasteiger partial charge in [-0.2, -0.15) is 0 Å². The lowest BCUT2D eigenvalue weighted by molar-refractivity contribution is 0.0945. The Morgan fingerprint density at radius 2 is 2.16 bits per heavy atom. The Balaban J connectivity index is 1.44. The minimum Gasteiger partial charge on any atom is -0.352 e. The number of aromatic nitrogens is 2. The monoisotopic (exact) mass is 338 g/mol. The summed E-state index contributed by atoms with van der Waals surface area (Å²) in [6.45, 7) is 5.85. The molecule has 0 bridgehead atoms. The molecule has 1 aliphatic rings. The lowest BCUT2D eigenvalue weighted by Gasteiger charge is -2.32. The maximum atomic E-state index is 12.3. The number of amides is 1. The predicted octanol–water partition coefficient (Wildman–Crippen LogP) is 2.82. The maximum Gasteiger partial charge on any atom is 0.251 e. The fourth-order valence-electron chi connectivity index (χ4n) is 3.49. The topological polar surface area (TPSA) is 58.1 Å². The summed E-state index contributed by atoms with van der Waals surface area (Å²) in [5.41, 5.74) is 2.90. The molecule has 0 spiro atoms. The van der Waals surface area contributed by atoms with Crippen molar-refractivity contribution in [3.8, 4) is 0 Å². The molecular weight excluding hydrogens is 312 g/mol. The van der Waals surface area contributed by atoms with Crippen molar-refractivity contribution in [1.29, 1.82) is 0 Å². The number of rotatable bonds is 6. The quantitative estimate of drug-likeness (QED) is 0.880. The minimum atomic E-state index is 0.00271. The van der Waals surface area contributed by atoms with E-state index in [0.717, 1.165) is 43.7 Å². The Hall–Kier alpha value is -2.27. The molecule has 1 fully saturated rings. The summed E-state index contributed by atoms with van der Waals surface area (Å²) in [6, 6.07) is 5.90. The van der Waals surface area contributed by atoms with Crippen LogP contribution >= 0.6 is 0 Å². The molecule has 132 valence electrons. The fraction of sp³-hybridized carbons (Fsp3) is 0.450. The summed E-state index contributed by atoms with van der Waals surface area (Å²) in [5.74, 6) is 0.646. The number of carbonyl (C=O) groups excluding carboxylic acids is 1. The number of hydrogen-bond acceptors (Lipinski definition) is 4. The molecule has 1 aliphatic heterocycles. The molecule has 0 radical (unpaired) electrons. The van der Waals surface area contributed by atoms with Crippen LogP contribution in [0, 0.1) is 12.8 Å². The average Bonchev–Trinajstić information content (AvgIpc) is 2.63. The molecule has 25 heavy (non-hydrogen) atoms. The SMILES string of the molecule is Cc1cnccc1C(=O)NCC[C@H]1CCCN(Cc2cccnc2)C1. The van der Waals surface area contributed by atoms with Crippen molar-refractivity contribution in [1.82, 2.24) is 20.2 Å². The molecule has 0 aromatic carbocycles. The molecule has 1 N–H and O–H groups in total. The van der Waals surface area contributed by atoms with E-state index in [4.69, 9.17) is 0 Å². The van der Waals surface area contributed by atoms with Crippen molar-refractivity contribution < 1.29 is 4.79 Å². The second-order valence-corrected chi connectivity index (χ2v) is 6.84. The van der Waals surface area contributed by atoms with Gasteiger partial charge in [0.15, 0.2) is 0 Å². The van der Waals surface area contributed by atoms with E-state index in [1.54, 1.807) is 18.5 Å². The fourth-order valence-corrected chi connectivity index (χ4v) is 3.49. The van der Waals surface area contributed by atoms with E-state index >= 15 is 0 Å². The number of nitrogens with one attached hydrogen (secondary N) is 1. The van der Waals surface area contributed by atoms with Crippen LogP contribution in [0.3, 0.4) is 0 Å². The van der Waals surface area contributed by atoms with Crippen molar-refractivity contribution in [3.05, 3.63) is 59.7 Å². The van der Waals surface area contributed by atoms with Gasteiger partial charge in [-0.25, -0.2) is 0 Å². The van der Waals surface area contributed by atoms with Gasteiger partial charge in [-0.05, 0) is 61.9 Å². The first-order valence-corrected chi connectivity index (χ1v) is 9.02. The molecule has 3 rings (SSSR count). The molecule has 1 amide bonds. The van der Waals surface area contributed by atoms with Crippen molar-refractivity contribution in [2.45, 2.75) is 32.7 Å². The Morgan fingerprint density at radius 3 is 2.96 bits per heavy atom. The molecule has 0 aliphatic carbocycles. The van der Waals surface area contributed by atoms with Crippen LogP contribution in [0.2, 0.25) is 0 Å². The number of aryl methyl sites for hydroxylation is 1. The van der Waals surface area contributed by atoms with Crippen LogP contribution in [0.1, 0.15) is 40.7 Å². The van der Waals surface area contributed by atoms with Gasteiger partial charge in [-0.15, -0.1) is 0 Å². The van der Waals surface area contributed by atoms with E-state index in [0.29, 0.717) is 5.92 Å². The summed E-state index contributed by atoms with van der Waals surface area (Å²) in [5, 5.41) is 3.06. The Morgan fingerprint density at radius 1 is 1.28 bits per heavy atom. The Kier molecular flexibility index (Phi) is 6.12. The third-order valence-electron chi connectivity index (χ3n) is 4.84. The van der Waals surface area contributed by atoms with Gasteiger partial charge < -0.3 is 5.32 Å². The Labute approximate surface area is 149 Å². The van der Waals surface area contributed by atoms with E-state index in [9.17, 15) is 4.79 Å². The highest BCUT2D eigenvalue weighted by molar-refractivity contribution is 5.95. The number of likely N-dealkylation sites (tertiary alicyclic amines) is 1. The Bertz CT molecular complexity index is 689. The predicted molar refractivity (Wildman–Crippen MR) is 98.2 cm³/mol. The van der Waals surface area contributed by atoms with Crippen molar-refractivity contribution in [3.63, 3.8) is 0 Å². The van der Waals surface area contributed by atoms with Crippen LogP contribution in [0.15, 0.2) is 43.0 Å². The molecular formula is C20H26N4O. The normalized spacial score (nSPS) is 18.0. The van der Waals surface area contributed by atoms with E-state index in [-0.39, 0.29) is 5.91 Å². The third-order valence-corrected chi connectivity index (χ3v) is 4.84. The lowest BCUT2D eigenvalue weighted by Crippen LogP contribution is -2.36. The van der Waals surface area contributed by atoms with Gasteiger partial charge in [0.25, 0.3) is 5.91 Å². The summed E-state index contributed by atoms with van der Waals surface area (Å²) < 4.78 is 0. The van der Waals surface area contributed by atoms with Crippen molar-refractivity contribution >= 4 is 5.91 Å². The standard InChI is InChI=1S/C20H26N4O/c1-16-12-22-9-7-19(16)20(25)23-10-6-17-5-3-11-24(14-17)15-18-4-2-8-21-13-18/h2,4,7-9,12-13,17H,3,5-6,10-11,14-15H2,1H3,(H,23,25)/t17-/m1/s1. The highest BCUT2D eigenvalue weighted by atomic mass is 16.1. The van der Waals surface area contributed by atoms with Crippen molar-refractivity contribution in [2.24, 2.45) is 5.92 Å². The van der Waals surface area contributed by atoms with Gasteiger partial charge in [0.05, 0.1) is 0 Å². The van der Waals surface area contributed by atoms with Gasteiger partial charge in [-0.3, -0.25) is 19.7 Å². The smallest absolute Gasteiger partial charge is 0.251 e. The van der Waals surface area contributed by atoms with E-state index in [2.05, 4.69) is 26.3 Å². The van der Waals surface area contributed by atoms with Crippen molar-refractivity contribution in [2.75, 3.05) is 19.6 Å². The van der Waals surface area contributed by atoms with Crippen LogP contribution in [-0.4, -0.2) is 40.4 Å². The van der Waals surface area contributed by atoms with Crippen LogP contribution in [0.25, 0.3) is 0 Å². The molecule has 5 heteroatoms. The number of hydrogen-bond donors (Lipinski definition) is 1. The highest BCUT2D eigenvalue weighted by Crippen LogP contribution is 2.20. The summed E-state index contributed by atoms with van der Waals surface area (Å²) in [7, 11) is 0. The number of pyridine rings is 2.